The molecule has 1 atom stereocenters. The van der Waals surface area contributed by atoms with E-state index in [1.54, 1.807) is 6.07 Å². The topological polar surface area (TPSA) is 58.6 Å². The van der Waals surface area contributed by atoms with E-state index in [0.717, 1.165) is 4.90 Å². The number of likely N-dealkylation sites (tertiary alicyclic amines) is 1. The van der Waals surface area contributed by atoms with Crippen LogP contribution in [-0.2, 0) is 16.1 Å². The van der Waals surface area contributed by atoms with Crippen LogP contribution in [0.15, 0.2) is 24.3 Å². The van der Waals surface area contributed by atoms with Crippen LogP contribution in [0.2, 0.25) is 0 Å². The zero-order valence-electron chi connectivity index (χ0n) is 12.6. The minimum Gasteiger partial charge on any atom is -0.440 e. The first-order valence-corrected chi connectivity index (χ1v) is 7.29. The molecule has 0 radical (unpaired) electrons. The van der Waals surface area contributed by atoms with E-state index in [0.29, 0.717) is 12.8 Å². The van der Waals surface area contributed by atoms with Crippen molar-refractivity contribution in [1.82, 2.24) is 10.2 Å². The number of carbonyl (C=O) groups is 2. The summed E-state index contributed by atoms with van der Waals surface area (Å²) in [5.74, 6) is -1.04. The van der Waals surface area contributed by atoms with Gasteiger partial charge in [-0.15, -0.1) is 0 Å². The Morgan fingerprint density at radius 3 is 2.67 bits per heavy atom. The van der Waals surface area contributed by atoms with Gasteiger partial charge in [0.05, 0.1) is 0 Å². The number of nitrogens with one attached hydrogen (secondary N) is 1. The molecule has 1 heterocycles. The zero-order valence-corrected chi connectivity index (χ0v) is 12.6. The molecule has 0 aromatic heterocycles. The van der Waals surface area contributed by atoms with Gasteiger partial charge in [0.25, 0.3) is 0 Å². The van der Waals surface area contributed by atoms with Crippen LogP contribution in [0.5, 0.6) is 0 Å². The number of alkyl halides is 3. The molecule has 1 fully saturated rings. The van der Waals surface area contributed by atoms with Gasteiger partial charge in [0, 0.05) is 18.7 Å². The van der Waals surface area contributed by atoms with E-state index in [4.69, 9.17) is 0 Å². The highest BCUT2D eigenvalue weighted by Crippen LogP contribution is 2.21. The van der Waals surface area contributed by atoms with Gasteiger partial charge in [-0.05, 0) is 18.9 Å². The summed E-state index contributed by atoms with van der Waals surface area (Å²) in [7, 11) is 0. The lowest BCUT2D eigenvalue weighted by molar-refractivity contribution is -0.162. The summed E-state index contributed by atoms with van der Waals surface area (Å²) < 4.78 is 53.9. The van der Waals surface area contributed by atoms with E-state index in [2.05, 4.69) is 10.1 Å². The maximum atomic E-state index is 13.5. The second-order valence-electron chi connectivity index (χ2n) is 5.33. The molecule has 2 amide bonds. The number of rotatable bonds is 4. The van der Waals surface area contributed by atoms with Crippen LogP contribution >= 0.6 is 0 Å². The molecule has 1 aliphatic heterocycles. The predicted octanol–water partition coefficient (Wildman–Crippen LogP) is 2.61. The minimum absolute atomic E-state index is 0.0759. The third-order valence-electron chi connectivity index (χ3n) is 3.56. The largest absolute Gasteiger partial charge is 0.440 e. The normalized spacial score (nSPS) is 17.7. The highest BCUT2D eigenvalue weighted by atomic mass is 19.4. The number of benzene rings is 1. The van der Waals surface area contributed by atoms with Crippen molar-refractivity contribution >= 4 is 12.0 Å². The maximum absolute atomic E-state index is 13.5. The van der Waals surface area contributed by atoms with E-state index < -0.39 is 36.6 Å². The lowest BCUT2D eigenvalue weighted by atomic mass is 10.2. The lowest BCUT2D eigenvalue weighted by Crippen LogP contribution is -2.46. The average Bonchev–Trinajstić information content (AvgIpc) is 3.00. The van der Waals surface area contributed by atoms with Crippen molar-refractivity contribution in [3.05, 3.63) is 35.6 Å². The van der Waals surface area contributed by atoms with Crippen LogP contribution in [0.3, 0.4) is 0 Å². The first kappa shape index (κ1) is 18.0. The van der Waals surface area contributed by atoms with Gasteiger partial charge in [0.15, 0.2) is 6.61 Å². The molecule has 9 heteroatoms. The fourth-order valence-corrected chi connectivity index (χ4v) is 2.43. The number of hydrogen-bond acceptors (Lipinski definition) is 3. The van der Waals surface area contributed by atoms with E-state index in [1.807, 2.05) is 0 Å². The second-order valence-corrected chi connectivity index (χ2v) is 5.33. The van der Waals surface area contributed by atoms with Crippen LogP contribution in [0.1, 0.15) is 18.4 Å². The summed E-state index contributed by atoms with van der Waals surface area (Å²) in [4.78, 5) is 24.8. The van der Waals surface area contributed by atoms with Gasteiger partial charge in [-0.25, -0.2) is 9.18 Å². The van der Waals surface area contributed by atoms with Crippen molar-refractivity contribution < 1.29 is 31.9 Å². The van der Waals surface area contributed by atoms with Gasteiger partial charge in [-0.3, -0.25) is 9.69 Å². The van der Waals surface area contributed by atoms with Gasteiger partial charge in [0.1, 0.15) is 11.9 Å². The Morgan fingerprint density at radius 2 is 2.00 bits per heavy atom. The van der Waals surface area contributed by atoms with Crippen LogP contribution in [-0.4, -0.2) is 42.3 Å². The Hall–Kier alpha value is -2.32. The Kier molecular flexibility index (Phi) is 5.63. The molecule has 1 N–H and O–H groups in total. The van der Waals surface area contributed by atoms with Crippen molar-refractivity contribution in [1.29, 1.82) is 0 Å². The monoisotopic (exact) mass is 348 g/mol. The first-order valence-electron chi connectivity index (χ1n) is 7.29. The Bertz CT molecular complexity index is 607. The predicted molar refractivity (Wildman–Crippen MR) is 75.4 cm³/mol. The standard InChI is InChI=1S/C15H16F4N2O3/c16-11-5-2-1-4-10(11)8-20-13(22)12-6-3-7-21(12)14(23)24-9-15(17,18)19/h1-2,4-5,12H,3,6-9H2,(H,20,22). The molecule has 2 rings (SSSR count). The number of ether oxygens (including phenoxy) is 1. The van der Waals surface area contributed by atoms with Crippen LogP contribution in [0.4, 0.5) is 22.4 Å². The molecule has 0 bridgehead atoms. The molecule has 1 aromatic carbocycles. The third-order valence-corrected chi connectivity index (χ3v) is 3.56. The number of halogens is 4. The van der Waals surface area contributed by atoms with E-state index in [-0.39, 0.29) is 18.7 Å². The number of amides is 2. The molecular weight excluding hydrogens is 332 g/mol. The van der Waals surface area contributed by atoms with Gasteiger partial charge < -0.3 is 10.1 Å². The average molecular weight is 348 g/mol. The number of hydrogen-bond donors (Lipinski definition) is 1. The molecule has 1 aliphatic rings. The quantitative estimate of drug-likeness (QED) is 0.851. The van der Waals surface area contributed by atoms with Crippen molar-refractivity contribution in [2.24, 2.45) is 0 Å². The molecule has 0 aliphatic carbocycles. The highest BCUT2D eigenvalue weighted by molar-refractivity contribution is 5.86. The molecule has 0 spiro atoms. The summed E-state index contributed by atoms with van der Waals surface area (Å²) in [6, 6.07) is 4.95. The van der Waals surface area contributed by atoms with E-state index in [9.17, 15) is 27.2 Å². The second kappa shape index (κ2) is 7.50. The summed E-state index contributed by atoms with van der Waals surface area (Å²) >= 11 is 0. The van der Waals surface area contributed by atoms with Crippen LogP contribution in [0, 0.1) is 5.82 Å². The molecule has 5 nitrogen and oxygen atoms in total. The fraction of sp³-hybridized carbons (Fsp3) is 0.467. The van der Waals surface area contributed by atoms with Crippen molar-refractivity contribution in [2.75, 3.05) is 13.2 Å². The first-order chi connectivity index (χ1) is 11.3. The van der Waals surface area contributed by atoms with Crippen molar-refractivity contribution in [3.63, 3.8) is 0 Å². The summed E-state index contributed by atoms with van der Waals surface area (Å²) in [6.45, 7) is -1.65. The lowest BCUT2D eigenvalue weighted by Gasteiger charge is -2.23. The molecule has 1 unspecified atom stereocenters. The van der Waals surface area contributed by atoms with E-state index >= 15 is 0 Å². The minimum atomic E-state index is -4.63. The maximum Gasteiger partial charge on any atom is 0.422 e. The third kappa shape index (κ3) is 4.84. The molecule has 24 heavy (non-hydrogen) atoms. The summed E-state index contributed by atoms with van der Waals surface area (Å²) in [6.07, 6.45) is -5.03. The Balaban J connectivity index is 1.91. The highest BCUT2D eigenvalue weighted by Gasteiger charge is 2.37. The van der Waals surface area contributed by atoms with Gasteiger partial charge >= 0.3 is 12.3 Å². The molecule has 0 saturated carbocycles. The fourth-order valence-electron chi connectivity index (χ4n) is 2.43. The Morgan fingerprint density at radius 1 is 1.29 bits per heavy atom. The zero-order chi connectivity index (χ0) is 17.7. The van der Waals surface area contributed by atoms with Gasteiger partial charge in [-0.2, -0.15) is 13.2 Å². The summed E-state index contributed by atoms with van der Waals surface area (Å²) in [5.41, 5.74) is 0.273. The number of carbonyl (C=O) groups excluding carboxylic acids is 2. The smallest absolute Gasteiger partial charge is 0.422 e. The number of nitrogens with zero attached hydrogens (tertiary/aromatic N) is 1. The van der Waals surface area contributed by atoms with Crippen LogP contribution in [0.25, 0.3) is 0 Å². The molecule has 1 aromatic rings. The molecule has 1 saturated heterocycles. The summed E-state index contributed by atoms with van der Waals surface area (Å²) in [5, 5.41) is 2.49. The van der Waals surface area contributed by atoms with Gasteiger partial charge in [-0.1, -0.05) is 18.2 Å². The molecular formula is C15H16F4N2O3. The Labute approximate surface area is 135 Å². The van der Waals surface area contributed by atoms with Crippen molar-refractivity contribution in [2.45, 2.75) is 31.6 Å². The van der Waals surface area contributed by atoms with Crippen LogP contribution < -0.4 is 5.32 Å². The van der Waals surface area contributed by atoms with Gasteiger partial charge in [0.2, 0.25) is 5.91 Å². The SMILES string of the molecule is O=C(NCc1ccccc1F)C1CCCN1C(=O)OCC(F)(F)F. The molecule has 132 valence electrons. The van der Waals surface area contributed by atoms with E-state index in [1.165, 1.54) is 18.2 Å². The van der Waals surface area contributed by atoms with Crippen molar-refractivity contribution in [3.8, 4) is 0 Å².